The second-order valence-corrected chi connectivity index (χ2v) is 4.67. The Morgan fingerprint density at radius 3 is 2.37 bits per heavy atom. The summed E-state index contributed by atoms with van der Waals surface area (Å²) in [4.78, 5) is 23.9. The molecule has 0 saturated heterocycles. The Morgan fingerprint density at radius 2 is 1.95 bits per heavy atom. The number of hydrogen-bond donors (Lipinski definition) is 2. The fourth-order valence-electron chi connectivity index (χ4n) is 1.53. The van der Waals surface area contributed by atoms with Gasteiger partial charge in [0.15, 0.2) is 0 Å². The Kier molecular flexibility index (Phi) is 8.90. The second-order valence-electron chi connectivity index (χ2n) is 4.67. The van der Waals surface area contributed by atoms with Crippen molar-refractivity contribution in [2.75, 3.05) is 40.5 Å². The van der Waals surface area contributed by atoms with Gasteiger partial charge in [-0.25, -0.2) is 4.79 Å². The third-order valence-corrected chi connectivity index (χ3v) is 2.37. The van der Waals surface area contributed by atoms with Gasteiger partial charge in [0.1, 0.15) is 6.54 Å². The first-order valence-corrected chi connectivity index (χ1v) is 6.17. The number of rotatable bonds is 9. The highest BCUT2D eigenvalue weighted by molar-refractivity contribution is 5.80. The lowest BCUT2D eigenvalue weighted by atomic mass is 10.2. The summed E-state index contributed by atoms with van der Waals surface area (Å²) < 4.78 is 10.0. The lowest BCUT2D eigenvalue weighted by molar-refractivity contribution is -0.137. The summed E-state index contributed by atoms with van der Waals surface area (Å²) in [5.74, 6) is -0.835. The van der Waals surface area contributed by atoms with Gasteiger partial charge in [0.25, 0.3) is 0 Å². The van der Waals surface area contributed by atoms with E-state index in [9.17, 15) is 9.59 Å². The molecule has 0 radical (unpaired) electrons. The molecule has 112 valence electrons. The minimum atomic E-state index is -1.03. The van der Waals surface area contributed by atoms with E-state index in [0.717, 1.165) is 0 Å². The molecule has 1 atom stereocenters. The quantitative estimate of drug-likeness (QED) is 0.636. The van der Waals surface area contributed by atoms with Crippen molar-refractivity contribution in [3.05, 3.63) is 0 Å². The van der Waals surface area contributed by atoms with Gasteiger partial charge in [-0.2, -0.15) is 0 Å². The van der Waals surface area contributed by atoms with Gasteiger partial charge in [0.05, 0.1) is 12.7 Å². The van der Waals surface area contributed by atoms with Crippen molar-refractivity contribution < 1.29 is 24.2 Å². The third kappa shape index (κ3) is 8.39. The molecule has 1 unspecified atom stereocenters. The lowest BCUT2D eigenvalue weighted by Gasteiger charge is -2.24. The molecule has 2 amide bonds. The van der Waals surface area contributed by atoms with Crippen LogP contribution in [0.5, 0.6) is 0 Å². The second kappa shape index (κ2) is 9.57. The van der Waals surface area contributed by atoms with Gasteiger partial charge in [-0.05, 0) is 5.92 Å². The van der Waals surface area contributed by atoms with Gasteiger partial charge in [0.2, 0.25) is 0 Å². The summed E-state index contributed by atoms with van der Waals surface area (Å²) in [7, 11) is 3.07. The maximum Gasteiger partial charge on any atom is 0.323 e. The number of amides is 2. The van der Waals surface area contributed by atoms with Crippen LogP contribution in [0.1, 0.15) is 13.8 Å². The maximum atomic E-state index is 11.9. The smallest absolute Gasteiger partial charge is 0.323 e. The average molecular weight is 276 g/mol. The standard InChI is InChI=1S/C12H24N2O5/c1-9(2)6-14(7-11(15)16)12(17)13-5-10(19-4)8-18-3/h9-10H,5-8H2,1-4H3,(H,13,17)(H,15,16). The fourth-order valence-corrected chi connectivity index (χ4v) is 1.53. The summed E-state index contributed by atoms with van der Waals surface area (Å²) in [5, 5.41) is 11.4. The first kappa shape index (κ1) is 17.7. The molecule has 0 aliphatic rings. The molecule has 0 bridgehead atoms. The zero-order chi connectivity index (χ0) is 14.8. The van der Waals surface area contributed by atoms with Crippen LogP contribution >= 0.6 is 0 Å². The highest BCUT2D eigenvalue weighted by atomic mass is 16.5. The zero-order valence-electron chi connectivity index (χ0n) is 12.0. The minimum Gasteiger partial charge on any atom is -0.480 e. The van der Waals surface area contributed by atoms with E-state index in [1.165, 1.54) is 12.0 Å². The number of ether oxygens (including phenoxy) is 2. The molecule has 7 heteroatoms. The molecule has 0 saturated carbocycles. The van der Waals surface area contributed by atoms with Crippen molar-refractivity contribution >= 4 is 12.0 Å². The van der Waals surface area contributed by atoms with Crippen LogP contribution < -0.4 is 5.32 Å². The SMILES string of the molecule is COCC(CNC(=O)N(CC(=O)O)CC(C)C)OC. The maximum absolute atomic E-state index is 11.9. The topological polar surface area (TPSA) is 88.1 Å². The number of hydrogen-bond acceptors (Lipinski definition) is 4. The molecular formula is C12H24N2O5. The lowest BCUT2D eigenvalue weighted by Crippen LogP contribution is -2.47. The molecule has 0 aliphatic heterocycles. The Bertz CT molecular complexity index is 283. The molecular weight excluding hydrogens is 252 g/mol. The highest BCUT2D eigenvalue weighted by Crippen LogP contribution is 1.99. The number of methoxy groups -OCH3 is 2. The van der Waals surface area contributed by atoms with Gasteiger partial charge < -0.3 is 24.8 Å². The summed E-state index contributed by atoms with van der Waals surface area (Å²) in [5.41, 5.74) is 0. The first-order chi connectivity index (χ1) is 8.90. The summed E-state index contributed by atoms with van der Waals surface area (Å²) >= 11 is 0. The molecule has 19 heavy (non-hydrogen) atoms. The van der Waals surface area contributed by atoms with Crippen molar-refractivity contribution in [3.63, 3.8) is 0 Å². The number of carboxylic acids is 1. The summed E-state index contributed by atoms with van der Waals surface area (Å²) in [6.07, 6.45) is -0.250. The molecule has 0 spiro atoms. The van der Waals surface area contributed by atoms with Gasteiger partial charge >= 0.3 is 12.0 Å². The van der Waals surface area contributed by atoms with Crippen LogP contribution in [-0.2, 0) is 14.3 Å². The molecule has 0 rings (SSSR count). The predicted molar refractivity (Wildman–Crippen MR) is 70.1 cm³/mol. The minimum absolute atomic E-state index is 0.197. The van der Waals surface area contributed by atoms with Crippen LogP contribution in [0.15, 0.2) is 0 Å². The Hall–Kier alpha value is -1.34. The molecule has 7 nitrogen and oxygen atoms in total. The van der Waals surface area contributed by atoms with Crippen LogP contribution in [0.4, 0.5) is 4.79 Å². The molecule has 0 aromatic rings. The van der Waals surface area contributed by atoms with Crippen LogP contribution in [0.3, 0.4) is 0 Å². The van der Waals surface area contributed by atoms with Gasteiger partial charge in [-0.1, -0.05) is 13.8 Å². The number of nitrogens with one attached hydrogen (secondary N) is 1. The van der Waals surface area contributed by atoms with E-state index in [0.29, 0.717) is 13.2 Å². The van der Waals surface area contributed by atoms with Crippen molar-refractivity contribution in [2.45, 2.75) is 20.0 Å². The van der Waals surface area contributed by atoms with E-state index in [1.807, 2.05) is 13.8 Å². The van der Waals surface area contributed by atoms with Crippen molar-refractivity contribution in [3.8, 4) is 0 Å². The number of nitrogens with zero attached hydrogens (tertiary/aromatic N) is 1. The van der Waals surface area contributed by atoms with E-state index < -0.39 is 12.0 Å². The van der Waals surface area contributed by atoms with Gasteiger partial charge in [-0.15, -0.1) is 0 Å². The van der Waals surface area contributed by atoms with Crippen molar-refractivity contribution in [1.29, 1.82) is 0 Å². The summed E-state index contributed by atoms with van der Waals surface area (Å²) in [6, 6.07) is -0.408. The molecule has 2 N–H and O–H groups in total. The van der Waals surface area contributed by atoms with Crippen molar-refractivity contribution in [2.24, 2.45) is 5.92 Å². The normalized spacial score (nSPS) is 12.3. The molecule has 0 fully saturated rings. The fraction of sp³-hybridized carbons (Fsp3) is 0.833. The molecule has 0 aromatic carbocycles. The largest absolute Gasteiger partial charge is 0.480 e. The van der Waals surface area contributed by atoms with E-state index in [2.05, 4.69) is 5.32 Å². The highest BCUT2D eigenvalue weighted by Gasteiger charge is 2.18. The van der Waals surface area contributed by atoms with Crippen LogP contribution in [0.2, 0.25) is 0 Å². The predicted octanol–water partition coefficient (Wildman–Crippen LogP) is 0.400. The number of carbonyl (C=O) groups is 2. The van der Waals surface area contributed by atoms with E-state index in [-0.39, 0.29) is 25.1 Å². The Balaban J connectivity index is 4.33. The zero-order valence-corrected chi connectivity index (χ0v) is 12.0. The van der Waals surface area contributed by atoms with Crippen LogP contribution in [0, 0.1) is 5.92 Å². The van der Waals surface area contributed by atoms with Crippen LogP contribution in [-0.4, -0.2) is 68.6 Å². The average Bonchev–Trinajstić information content (AvgIpc) is 2.32. The number of carbonyl (C=O) groups excluding carboxylic acids is 1. The van der Waals surface area contributed by atoms with E-state index >= 15 is 0 Å². The van der Waals surface area contributed by atoms with Crippen LogP contribution in [0.25, 0.3) is 0 Å². The van der Waals surface area contributed by atoms with Crippen molar-refractivity contribution in [1.82, 2.24) is 10.2 Å². The number of carboxylic acid groups (broad SMARTS) is 1. The summed E-state index contributed by atoms with van der Waals surface area (Å²) in [6.45, 7) is 4.55. The molecule has 0 aliphatic carbocycles. The number of aliphatic carboxylic acids is 1. The van der Waals surface area contributed by atoms with E-state index in [1.54, 1.807) is 7.11 Å². The molecule has 0 heterocycles. The van der Waals surface area contributed by atoms with E-state index in [4.69, 9.17) is 14.6 Å². The Morgan fingerprint density at radius 1 is 1.32 bits per heavy atom. The Labute approximate surface area is 113 Å². The first-order valence-electron chi connectivity index (χ1n) is 6.17. The molecule has 0 aromatic heterocycles. The van der Waals surface area contributed by atoms with Gasteiger partial charge in [0, 0.05) is 27.3 Å². The number of urea groups is 1. The monoisotopic (exact) mass is 276 g/mol. The third-order valence-electron chi connectivity index (χ3n) is 2.37. The van der Waals surface area contributed by atoms with Gasteiger partial charge in [-0.3, -0.25) is 4.79 Å².